The predicted molar refractivity (Wildman–Crippen MR) is 252 cm³/mol. The zero-order chi connectivity index (χ0) is 39.6. The maximum atomic E-state index is 5.13. The number of pyridine rings is 2. The number of hydrogen-bond donors (Lipinski definition) is 0. The van der Waals surface area contributed by atoms with Gasteiger partial charge in [-0.15, -0.1) is 0 Å². The Morgan fingerprint density at radius 1 is 0.233 bits per heavy atom. The van der Waals surface area contributed by atoms with Gasteiger partial charge in [0.15, 0.2) is 0 Å². The van der Waals surface area contributed by atoms with E-state index in [9.17, 15) is 0 Å². The maximum Gasteiger partial charge on any atom is 0.0893 e. The highest BCUT2D eigenvalue weighted by atomic mass is 14.8. The van der Waals surface area contributed by atoms with Crippen LogP contribution in [0.2, 0.25) is 0 Å². The van der Waals surface area contributed by atoms with Gasteiger partial charge in [0, 0.05) is 11.1 Å². The van der Waals surface area contributed by atoms with Crippen LogP contribution in [-0.2, 0) is 0 Å². The van der Waals surface area contributed by atoms with Gasteiger partial charge in [-0.1, -0.05) is 188 Å². The highest BCUT2D eigenvalue weighted by Gasteiger charge is 2.31. The lowest BCUT2D eigenvalue weighted by Crippen LogP contribution is -1.93. The van der Waals surface area contributed by atoms with Gasteiger partial charge in [0.2, 0.25) is 0 Å². The van der Waals surface area contributed by atoms with Gasteiger partial charge in [-0.2, -0.15) is 0 Å². The van der Waals surface area contributed by atoms with Crippen molar-refractivity contribution in [3.05, 3.63) is 218 Å². The molecule has 12 rings (SSSR count). The number of benzene rings is 9. The molecule has 278 valence electrons. The molecule has 2 aromatic heterocycles. The van der Waals surface area contributed by atoms with Gasteiger partial charge in [-0.3, -0.25) is 0 Å². The highest BCUT2D eigenvalue weighted by molar-refractivity contribution is 6.28. The number of hydrogen-bond acceptors (Lipinski definition) is 2. The third-order valence-corrected chi connectivity index (χ3v) is 12.2. The first-order valence-corrected chi connectivity index (χ1v) is 20.6. The van der Waals surface area contributed by atoms with Crippen LogP contribution < -0.4 is 0 Å². The quantitative estimate of drug-likeness (QED) is 0.169. The molecule has 0 saturated carbocycles. The van der Waals surface area contributed by atoms with E-state index in [2.05, 4.69) is 206 Å². The number of rotatable bonds is 6. The van der Waals surface area contributed by atoms with Crippen LogP contribution in [0.15, 0.2) is 218 Å². The number of fused-ring (bicyclic) bond motifs is 5. The molecule has 0 N–H and O–H groups in total. The Hall–Kier alpha value is -7.94. The molecule has 1 aliphatic rings. The molecule has 0 aliphatic heterocycles. The topological polar surface area (TPSA) is 25.8 Å². The van der Waals surface area contributed by atoms with Crippen molar-refractivity contribution >= 4 is 32.3 Å². The second-order valence-corrected chi connectivity index (χ2v) is 15.6. The average Bonchev–Trinajstić information content (AvgIpc) is 3.66. The van der Waals surface area contributed by atoms with E-state index < -0.39 is 0 Å². The lowest BCUT2D eigenvalue weighted by Gasteiger charge is -2.20. The van der Waals surface area contributed by atoms with E-state index in [0.29, 0.717) is 0 Å². The lowest BCUT2D eigenvalue weighted by molar-refractivity contribution is 1.25. The molecule has 2 nitrogen and oxygen atoms in total. The van der Waals surface area contributed by atoms with Crippen LogP contribution >= 0.6 is 0 Å². The number of nitrogens with zero attached hydrogens (tertiary/aromatic N) is 2. The Morgan fingerprint density at radius 3 is 1.35 bits per heavy atom. The van der Waals surface area contributed by atoms with Gasteiger partial charge in [-0.25, -0.2) is 9.97 Å². The van der Waals surface area contributed by atoms with Gasteiger partial charge in [0.1, 0.15) is 0 Å². The molecule has 9 aromatic carbocycles. The van der Waals surface area contributed by atoms with Crippen molar-refractivity contribution in [3.8, 4) is 89.5 Å². The minimum Gasteiger partial charge on any atom is -0.246 e. The Labute approximate surface area is 348 Å². The summed E-state index contributed by atoms with van der Waals surface area (Å²) in [4.78, 5) is 10.2. The second kappa shape index (κ2) is 13.9. The molecule has 11 aromatic rings. The van der Waals surface area contributed by atoms with Crippen LogP contribution in [0, 0.1) is 0 Å². The summed E-state index contributed by atoms with van der Waals surface area (Å²) in [6, 6.07) is 78.6. The summed E-state index contributed by atoms with van der Waals surface area (Å²) >= 11 is 0. The fourth-order valence-electron chi connectivity index (χ4n) is 9.51. The van der Waals surface area contributed by atoms with Gasteiger partial charge in [0.25, 0.3) is 0 Å². The van der Waals surface area contributed by atoms with E-state index in [-0.39, 0.29) is 0 Å². The van der Waals surface area contributed by atoms with Gasteiger partial charge in [0.05, 0.1) is 22.8 Å². The fraction of sp³-hybridized carbons (Fsp3) is 0. The summed E-state index contributed by atoms with van der Waals surface area (Å²) in [5.74, 6) is 0. The summed E-state index contributed by atoms with van der Waals surface area (Å²) in [6.45, 7) is 0. The van der Waals surface area contributed by atoms with Crippen molar-refractivity contribution in [3.63, 3.8) is 0 Å². The Kier molecular flexibility index (Phi) is 7.89. The maximum absolute atomic E-state index is 5.13. The predicted octanol–water partition coefficient (Wildman–Crippen LogP) is 15.6. The molecule has 0 unspecified atom stereocenters. The van der Waals surface area contributed by atoms with E-state index in [1.165, 1.54) is 88.0 Å². The van der Waals surface area contributed by atoms with E-state index in [0.717, 1.165) is 33.9 Å². The molecule has 0 atom stereocenters. The normalized spacial score (nSPS) is 11.7. The lowest BCUT2D eigenvalue weighted by atomic mass is 9.82. The minimum absolute atomic E-state index is 0.851. The second-order valence-electron chi connectivity index (χ2n) is 15.6. The van der Waals surface area contributed by atoms with Crippen molar-refractivity contribution in [2.24, 2.45) is 0 Å². The van der Waals surface area contributed by atoms with Gasteiger partial charge in [-0.05, 0) is 118 Å². The average molecular weight is 761 g/mol. The summed E-state index contributed by atoms with van der Waals surface area (Å²) in [5.41, 5.74) is 18.4. The highest BCUT2D eigenvalue weighted by Crippen LogP contribution is 2.58. The summed E-state index contributed by atoms with van der Waals surface area (Å²) < 4.78 is 0. The molecule has 0 saturated heterocycles. The Morgan fingerprint density at radius 2 is 0.700 bits per heavy atom. The monoisotopic (exact) mass is 760 g/mol. The molecule has 0 spiro atoms. The zero-order valence-corrected chi connectivity index (χ0v) is 32.7. The van der Waals surface area contributed by atoms with Crippen molar-refractivity contribution in [2.45, 2.75) is 0 Å². The molecule has 2 heteroatoms. The largest absolute Gasteiger partial charge is 0.246 e. The van der Waals surface area contributed by atoms with Gasteiger partial charge < -0.3 is 0 Å². The molecule has 60 heavy (non-hydrogen) atoms. The molecular weight excluding hydrogens is 725 g/mol. The smallest absolute Gasteiger partial charge is 0.0893 e. The summed E-state index contributed by atoms with van der Waals surface area (Å²) in [5, 5.41) is 7.54. The molecule has 0 bridgehead atoms. The Balaban J connectivity index is 0.950. The van der Waals surface area contributed by atoms with Crippen LogP contribution in [-0.4, -0.2) is 9.97 Å². The van der Waals surface area contributed by atoms with Crippen LogP contribution in [0.25, 0.3) is 122 Å². The zero-order valence-electron chi connectivity index (χ0n) is 32.7. The van der Waals surface area contributed by atoms with Crippen LogP contribution in [0.4, 0.5) is 0 Å². The van der Waals surface area contributed by atoms with E-state index in [1.807, 2.05) is 12.1 Å². The van der Waals surface area contributed by atoms with E-state index in [1.54, 1.807) is 0 Å². The fourth-order valence-corrected chi connectivity index (χ4v) is 9.51. The molecular formula is C58H36N2. The van der Waals surface area contributed by atoms with Crippen molar-refractivity contribution in [1.29, 1.82) is 0 Å². The van der Waals surface area contributed by atoms with Crippen LogP contribution in [0.1, 0.15) is 0 Å². The minimum atomic E-state index is 0.851. The van der Waals surface area contributed by atoms with Gasteiger partial charge >= 0.3 is 0 Å². The Bertz CT molecular complexity index is 3370. The summed E-state index contributed by atoms with van der Waals surface area (Å²) in [6.07, 6.45) is 0. The van der Waals surface area contributed by atoms with Crippen LogP contribution in [0.5, 0.6) is 0 Å². The van der Waals surface area contributed by atoms with Crippen LogP contribution in [0.3, 0.4) is 0 Å². The van der Waals surface area contributed by atoms with Crippen molar-refractivity contribution in [1.82, 2.24) is 9.97 Å². The molecule has 1 aliphatic carbocycles. The standard InChI is InChI=1S/C58H36N2/c1-3-15-40(16-4-1)54-46-20-9-10-21-47(46)55(41-17-5-2-6-18-41)58-49-35-34-44(45-22-11-23-48(56(45)49)57(54)58)38-29-31-39(32-30-38)50-24-12-26-52(59-50)53-27-13-25-51(60-53)43-33-28-37-14-7-8-19-42(37)36-43/h1-36H. The first-order valence-electron chi connectivity index (χ1n) is 20.6. The molecule has 2 heterocycles. The van der Waals surface area contributed by atoms with E-state index >= 15 is 0 Å². The first-order chi connectivity index (χ1) is 29.8. The SMILES string of the molecule is c1ccc(-c2c3c(c(-c4ccccc4)c4ccccc24)-c2ccc(-c4ccc(-c5cccc(-c6cccc(-c7ccc8ccccc8c7)n6)n5)cc4)c4cccc-3c24)cc1. The molecule has 0 fully saturated rings. The first kappa shape index (κ1) is 34.1. The van der Waals surface area contributed by atoms with E-state index in [4.69, 9.17) is 9.97 Å². The summed E-state index contributed by atoms with van der Waals surface area (Å²) in [7, 11) is 0. The molecule has 0 radical (unpaired) electrons. The van der Waals surface area contributed by atoms with Crippen molar-refractivity contribution in [2.75, 3.05) is 0 Å². The third kappa shape index (κ3) is 5.50. The number of aromatic nitrogens is 2. The third-order valence-electron chi connectivity index (χ3n) is 12.2. The van der Waals surface area contributed by atoms with Crippen molar-refractivity contribution < 1.29 is 0 Å². The molecule has 0 amide bonds.